The van der Waals surface area contributed by atoms with E-state index in [1.807, 2.05) is 0 Å². The second-order valence-electron chi connectivity index (χ2n) is 2.82. The van der Waals surface area contributed by atoms with Gasteiger partial charge in [0.15, 0.2) is 0 Å². The molecule has 0 radical (unpaired) electrons. The van der Waals surface area contributed by atoms with Gasteiger partial charge in [0.25, 0.3) is 0 Å². The molecular weight excluding hydrogens is 196 g/mol. The van der Waals surface area contributed by atoms with Crippen LogP contribution in [0.3, 0.4) is 0 Å². The minimum Gasteiger partial charge on any atom is -0.496 e. The van der Waals surface area contributed by atoms with Crippen molar-refractivity contribution in [3.63, 3.8) is 0 Å². The standard InChI is InChI=1S/C10H12N2O3/c1-14-9-4-8(12)6(5-11)3-7(9)10(13)15-2/h3-5,11H,12H2,1-2H3. The summed E-state index contributed by atoms with van der Waals surface area (Å²) in [4.78, 5) is 11.4. The largest absolute Gasteiger partial charge is 0.496 e. The number of hydrogen-bond donors (Lipinski definition) is 2. The monoisotopic (exact) mass is 208 g/mol. The molecule has 0 fully saturated rings. The Morgan fingerprint density at radius 2 is 2.13 bits per heavy atom. The van der Waals surface area contributed by atoms with Gasteiger partial charge in [-0.3, -0.25) is 0 Å². The van der Waals surface area contributed by atoms with E-state index < -0.39 is 5.97 Å². The average Bonchev–Trinajstić information content (AvgIpc) is 2.27. The van der Waals surface area contributed by atoms with E-state index in [0.29, 0.717) is 17.0 Å². The smallest absolute Gasteiger partial charge is 0.341 e. The van der Waals surface area contributed by atoms with Crippen molar-refractivity contribution in [2.45, 2.75) is 0 Å². The number of nitrogens with two attached hydrogens (primary N) is 1. The summed E-state index contributed by atoms with van der Waals surface area (Å²) in [6, 6.07) is 2.96. The Morgan fingerprint density at radius 3 is 2.60 bits per heavy atom. The molecule has 0 aliphatic rings. The van der Waals surface area contributed by atoms with Crippen LogP contribution in [0.1, 0.15) is 15.9 Å². The van der Waals surface area contributed by atoms with E-state index in [-0.39, 0.29) is 5.56 Å². The van der Waals surface area contributed by atoms with Crippen LogP contribution in [0, 0.1) is 5.41 Å². The lowest BCUT2D eigenvalue weighted by Gasteiger charge is -2.09. The molecule has 0 bridgehead atoms. The van der Waals surface area contributed by atoms with Crippen molar-refractivity contribution in [1.29, 1.82) is 5.41 Å². The fourth-order valence-electron chi connectivity index (χ4n) is 1.18. The van der Waals surface area contributed by atoms with Gasteiger partial charge >= 0.3 is 5.97 Å². The lowest BCUT2D eigenvalue weighted by Crippen LogP contribution is -2.06. The molecule has 0 heterocycles. The molecule has 80 valence electrons. The van der Waals surface area contributed by atoms with E-state index in [2.05, 4.69) is 4.74 Å². The van der Waals surface area contributed by atoms with Crippen molar-refractivity contribution in [2.75, 3.05) is 20.0 Å². The molecule has 0 aliphatic carbocycles. The highest BCUT2D eigenvalue weighted by Gasteiger charge is 2.14. The Kier molecular flexibility index (Phi) is 3.28. The summed E-state index contributed by atoms with van der Waals surface area (Å²) in [6.45, 7) is 0. The third-order valence-electron chi connectivity index (χ3n) is 1.97. The highest BCUT2D eigenvalue weighted by atomic mass is 16.5. The maximum atomic E-state index is 11.4. The first-order valence-electron chi connectivity index (χ1n) is 4.20. The number of methoxy groups -OCH3 is 2. The predicted molar refractivity (Wildman–Crippen MR) is 56.6 cm³/mol. The molecule has 0 amide bonds. The first kappa shape index (κ1) is 11.0. The number of benzene rings is 1. The van der Waals surface area contributed by atoms with Crippen molar-refractivity contribution in [1.82, 2.24) is 0 Å². The number of carbonyl (C=O) groups is 1. The van der Waals surface area contributed by atoms with E-state index in [4.69, 9.17) is 15.9 Å². The molecule has 0 atom stereocenters. The molecule has 0 aromatic heterocycles. The minimum absolute atomic E-state index is 0.257. The van der Waals surface area contributed by atoms with Gasteiger partial charge in [-0.25, -0.2) is 4.79 Å². The number of rotatable bonds is 3. The highest BCUT2D eigenvalue weighted by Crippen LogP contribution is 2.25. The van der Waals surface area contributed by atoms with Gasteiger partial charge in [0.2, 0.25) is 0 Å². The van der Waals surface area contributed by atoms with Crippen LogP contribution in [0.15, 0.2) is 12.1 Å². The Bertz CT molecular complexity index is 402. The van der Waals surface area contributed by atoms with Crippen LogP contribution >= 0.6 is 0 Å². The maximum absolute atomic E-state index is 11.4. The number of carbonyl (C=O) groups excluding carboxylic acids is 1. The topological polar surface area (TPSA) is 85.4 Å². The highest BCUT2D eigenvalue weighted by molar-refractivity contribution is 5.97. The van der Waals surface area contributed by atoms with Crippen LogP contribution in [0.25, 0.3) is 0 Å². The zero-order chi connectivity index (χ0) is 11.4. The van der Waals surface area contributed by atoms with Crippen LogP contribution in [-0.4, -0.2) is 26.4 Å². The van der Waals surface area contributed by atoms with Crippen molar-refractivity contribution in [3.05, 3.63) is 23.3 Å². The van der Waals surface area contributed by atoms with Gasteiger partial charge in [0, 0.05) is 23.5 Å². The fourth-order valence-corrected chi connectivity index (χ4v) is 1.18. The molecule has 1 aromatic carbocycles. The fraction of sp³-hybridized carbons (Fsp3) is 0.200. The maximum Gasteiger partial charge on any atom is 0.341 e. The molecule has 15 heavy (non-hydrogen) atoms. The first-order valence-corrected chi connectivity index (χ1v) is 4.20. The van der Waals surface area contributed by atoms with E-state index in [9.17, 15) is 4.79 Å². The van der Waals surface area contributed by atoms with E-state index in [1.54, 1.807) is 0 Å². The van der Waals surface area contributed by atoms with Crippen LogP contribution in [-0.2, 0) is 4.74 Å². The van der Waals surface area contributed by atoms with Crippen molar-refractivity contribution < 1.29 is 14.3 Å². The number of nitrogen functional groups attached to an aromatic ring is 1. The van der Waals surface area contributed by atoms with Crippen LogP contribution < -0.4 is 10.5 Å². The zero-order valence-electron chi connectivity index (χ0n) is 8.53. The third kappa shape index (κ3) is 2.07. The summed E-state index contributed by atoms with van der Waals surface area (Å²) in [5.41, 5.74) is 6.73. The quantitative estimate of drug-likeness (QED) is 0.442. The Hall–Kier alpha value is -2.04. The number of hydrogen-bond acceptors (Lipinski definition) is 5. The van der Waals surface area contributed by atoms with Gasteiger partial charge < -0.3 is 20.6 Å². The van der Waals surface area contributed by atoms with Gasteiger partial charge in [0.05, 0.1) is 14.2 Å². The lowest BCUT2D eigenvalue weighted by atomic mass is 10.1. The summed E-state index contributed by atoms with van der Waals surface area (Å²) in [6.07, 6.45) is 1.07. The van der Waals surface area contributed by atoms with Crippen LogP contribution in [0.2, 0.25) is 0 Å². The number of nitrogens with one attached hydrogen (secondary N) is 1. The Morgan fingerprint density at radius 1 is 1.47 bits per heavy atom. The SMILES string of the molecule is COC(=O)c1cc(C=N)c(N)cc1OC. The second kappa shape index (κ2) is 4.45. The van der Waals surface area contributed by atoms with Crippen molar-refractivity contribution in [3.8, 4) is 5.75 Å². The summed E-state index contributed by atoms with van der Waals surface area (Å²) >= 11 is 0. The lowest BCUT2D eigenvalue weighted by molar-refractivity contribution is 0.0597. The van der Waals surface area contributed by atoms with Gasteiger partial charge in [-0.2, -0.15) is 0 Å². The molecule has 0 unspecified atom stereocenters. The number of ether oxygens (including phenoxy) is 2. The van der Waals surface area contributed by atoms with E-state index >= 15 is 0 Å². The molecule has 0 aliphatic heterocycles. The van der Waals surface area contributed by atoms with Gasteiger partial charge in [0.1, 0.15) is 11.3 Å². The molecule has 1 aromatic rings. The van der Waals surface area contributed by atoms with Crippen molar-refractivity contribution in [2.24, 2.45) is 0 Å². The van der Waals surface area contributed by atoms with Crippen LogP contribution in [0.5, 0.6) is 5.75 Å². The first-order chi connectivity index (χ1) is 7.13. The molecule has 3 N–H and O–H groups in total. The molecule has 0 saturated carbocycles. The molecule has 1 rings (SSSR count). The van der Waals surface area contributed by atoms with Gasteiger partial charge in [-0.05, 0) is 6.07 Å². The van der Waals surface area contributed by atoms with E-state index in [1.165, 1.54) is 26.4 Å². The van der Waals surface area contributed by atoms with E-state index in [0.717, 1.165) is 6.21 Å². The summed E-state index contributed by atoms with van der Waals surface area (Å²) in [5, 5.41) is 7.11. The molecule has 0 spiro atoms. The van der Waals surface area contributed by atoms with Crippen LogP contribution in [0.4, 0.5) is 5.69 Å². The Balaban J connectivity index is 3.34. The molecular formula is C10H12N2O3. The number of esters is 1. The Labute approximate surface area is 87.3 Å². The van der Waals surface area contributed by atoms with Crippen molar-refractivity contribution >= 4 is 17.9 Å². The average molecular weight is 208 g/mol. The summed E-state index contributed by atoms with van der Waals surface area (Å²) < 4.78 is 9.58. The molecule has 0 saturated heterocycles. The number of anilines is 1. The summed E-state index contributed by atoms with van der Waals surface area (Å²) in [7, 11) is 2.72. The van der Waals surface area contributed by atoms with Gasteiger partial charge in [-0.1, -0.05) is 0 Å². The third-order valence-corrected chi connectivity index (χ3v) is 1.97. The normalized spacial score (nSPS) is 9.47. The second-order valence-corrected chi connectivity index (χ2v) is 2.82. The molecule has 5 nitrogen and oxygen atoms in total. The minimum atomic E-state index is -0.519. The summed E-state index contributed by atoms with van der Waals surface area (Å²) in [5.74, 6) is -0.181. The molecule has 5 heteroatoms. The zero-order valence-corrected chi connectivity index (χ0v) is 8.53. The van der Waals surface area contributed by atoms with Gasteiger partial charge in [-0.15, -0.1) is 0 Å². The predicted octanol–water partition coefficient (Wildman–Crippen LogP) is 1.06.